The van der Waals surface area contributed by atoms with Gasteiger partial charge in [-0.2, -0.15) is 0 Å². The molecule has 0 aliphatic carbocycles. The quantitative estimate of drug-likeness (QED) is 0.515. The average molecular weight is 368 g/mol. The van der Waals surface area contributed by atoms with E-state index in [1.165, 1.54) is 0 Å². The Labute approximate surface area is 166 Å². The zero-order valence-electron chi connectivity index (χ0n) is 16.0. The lowest BCUT2D eigenvalue weighted by atomic mass is 10.0. The van der Waals surface area contributed by atoms with E-state index in [0.29, 0.717) is 0 Å². The molecule has 0 unspecified atom stereocenters. The predicted octanol–water partition coefficient (Wildman–Crippen LogP) is 6.04. The molecular weight excluding hydrogens is 344 g/mol. The molecule has 2 nitrogen and oxygen atoms in total. The zero-order chi connectivity index (χ0) is 19.8. The van der Waals surface area contributed by atoms with Gasteiger partial charge in [-0.25, -0.2) is 0 Å². The zero-order valence-corrected chi connectivity index (χ0v) is 16.0. The molecule has 0 aromatic heterocycles. The molecule has 0 radical (unpaired) electrons. The molecule has 3 rings (SSSR count). The maximum Gasteiger partial charge on any atom is 0.118 e. The van der Waals surface area contributed by atoms with Crippen LogP contribution in [0.5, 0.6) is 5.75 Å². The van der Waals surface area contributed by atoms with E-state index in [9.17, 15) is 0 Å². The number of hydrogen-bond donors (Lipinski definition) is 1. The van der Waals surface area contributed by atoms with Gasteiger partial charge in [-0.1, -0.05) is 91.5 Å². The highest BCUT2D eigenvalue weighted by atomic mass is 16.5. The second-order valence-electron chi connectivity index (χ2n) is 6.49. The molecule has 0 fully saturated rings. The lowest BCUT2D eigenvalue weighted by Crippen LogP contribution is -1.87. The SMILES string of the molecule is C=C(CO)c1ccc(C=Cc2ccc(C=Cc3ccc(OC)cc3)cc2)cc1. The smallest absolute Gasteiger partial charge is 0.118 e. The number of ether oxygens (including phenoxy) is 1. The summed E-state index contributed by atoms with van der Waals surface area (Å²) in [5, 5.41) is 9.13. The average Bonchev–Trinajstić information content (AvgIpc) is 2.77. The van der Waals surface area contributed by atoms with Crippen LogP contribution in [0.1, 0.15) is 27.8 Å². The molecule has 3 aromatic carbocycles. The fourth-order valence-electron chi connectivity index (χ4n) is 2.74. The van der Waals surface area contributed by atoms with Crippen LogP contribution in [0.4, 0.5) is 0 Å². The molecule has 0 saturated heterocycles. The van der Waals surface area contributed by atoms with E-state index in [0.717, 1.165) is 39.1 Å². The highest BCUT2D eigenvalue weighted by Gasteiger charge is 1.96. The Hall–Kier alpha value is -3.36. The van der Waals surface area contributed by atoms with Crippen molar-refractivity contribution in [2.75, 3.05) is 13.7 Å². The summed E-state index contributed by atoms with van der Waals surface area (Å²) in [6, 6.07) is 24.4. The van der Waals surface area contributed by atoms with Crippen LogP contribution in [0.25, 0.3) is 29.9 Å². The first-order valence-electron chi connectivity index (χ1n) is 9.17. The van der Waals surface area contributed by atoms with Crippen molar-refractivity contribution in [2.45, 2.75) is 0 Å². The third kappa shape index (κ3) is 5.32. The monoisotopic (exact) mass is 368 g/mol. The number of aliphatic hydroxyl groups is 1. The molecule has 0 aliphatic heterocycles. The van der Waals surface area contributed by atoms with Crippen LogP contribution in [0.3, 0.4) is 0 Å². The maximum absolute atomic E-state index is 9.13. The Morgan fingerprint density at radius 2 is 1.07 bits per heavy atom. The summed E-state index contributed by atoms with van der Waals surface area (Å²) < 4.78 is 5.18. The van der Waals surface area contributed by atoms with Crippen LogP contribution in [0.2, 0.25) is 0 Å². The first kappa shape index (κ1) is 19.4. The van der Waals surface area contributed by atoms with Gasteiger partial charge in [0.2, 0.25) is 0 Å². The molecular formula is C26H24O2. The van der Waals surface area contributed by atoms with Gasteiger partial charge >= 0.3 is 0 Å². The molecule has 0 saturated carbocycles. The second kappa shape index (κ2) is 9.54. The van der Waals surface area contributed by atoms with Gasteiger partial charge in [0, 0.05) is 0 Å². The molecule has 0 aliphatic rings. The summed E-state index contributed by atoms with van der Waals surface area (Å²) in [6.45, 7) is 3.82. The van der Waals surface area contributed by atoms with Gasteiger partial charge in [0.05, 0.1) is 13.7 Å². The minimum atomic E-state index is -0.0194. The summed E-state index contributed by atoms with van der Waals surface area (Å²) in [6.07, 6.45) is 8.36. The van der Waals surface area contributed by atoms with E-state index in [2.05, 4.69) is 55.1 Å². The van der Waals surface area contributed by atoms with Gasteiger partial charge in [0.1, 0.15) is 5.75 Å². The molecule has 140 valence electrons. The molecule has 0 amide bonds. The van der Waals surface area contributed by atoms with Crippen LogP contribution >= 0.6 is 0 Å². The molecule has 28 heavy (non-hydrogen) atoms. The van der Waals surface area contributed by atoms with Crippen molar-refractivity contribution in [2.24, 2.45) is 0 Å². The number of methoxy groups -OCH3 is 1. The Morgan fingerprint density at radius 1 is 0.714 bits per heavy atom. The standard InChI is InChI=1S/C26H24O2/c1-20(19-27)25-15-11-23(12-16-25)9-7-21-3-5-22(6-4-21)8-10-24-13-17-26(28-2)18-14-24/h3-18,27H,1,19H2,2H3. The number of benzene rings is 3. The Kier molecular flexibility index (Phi) is 6.61. The van der Waals surface area contributed by atoms with Crippen molar-refractivity contribution in [1.82, 2.24) is 0 Å². The Balaban J connectivity index is 1.62. The largest absolute Gasteiger partial charge is 0.497 e. The Bertz CT molecular complexity index is 960. The predicted molar refractivity (Wildman–Crippen MR) is 120 cm³/mol. The van der Waals surface area contributed by atoms with Crippen LogP contribution < -0.4 is 4.74 Å². The van der Waals surface area contributed by atoms with Gasteiger partial charge in [-0.3, -0.25) is 0 Å². The van der Waals surface area contributed by atoms with Gasteiger partial charge < -0.3 is 9.84 Å². The van der Waals surface area contributed by atoms with Gasteiger partial charge in [-0.15, -0.1) is 0 Å². The summed E-state index contributed by atoms with van der Waals surface area (Å²) in [5.74, 6) is 0.862. The van der Waals surface area contributed by atoms with Crippen molar-refractivity contribution >= 4 is 29.9 Å². The fourth-order valence-corrected chi connectivity index (χ4v) is 2.74. The first-order valence-corrected chi connectivity index (χ1v) is 9.17. The van der Waals surface area contributed by atoms with E-state index in [1.54, 1.807) is 7.11 Å². The van der Waals surface area contributed by atoms with Crippen molar-refractivity contribution in [3.63, 3.8) is 0 Å². The lowest BCUT2D eigenvalue weighted by molar-refractivity contribution is 0.350. The molecule has 2 heteroatoms. The molecule has 1 N–H and O–H groups in total. The third-order valence-corrected chi connectivity index (χ3v) is 4.50. The van der Waals surface area contributed by atoms with Crippen molar-refractivity contribution in [1.29, 1.82) is 0 Å². The van der Waals surface area contributed by atoms with Crippen molar-refractivity contribution in [3.8, 4) is 5.75 Å². The van der Waals surface area contributed by atoms with Crippen LogP contribution in [-0.2, 0) is 0 Å². The molecule has 0 heterocycles. The van der Waals surface area contributed by atoms with Crippen LogP contribution in [0.15, 0.2) is 79.4 Å². The van der Waals surface area contributed by atoms with Crippen molar-refractivity contribution in [3.05, 3.63) is 107 Å². The van der Waals surface area contributed by atoms with Gasteiger partial charge in [0.25, 0.3) is 0 Å². The van der Waals surface area contributed by atoms with Crippen LogP contribution in [-0.4, -0.2) is 18.8 Å². The first-order chi connectivity index (χ1) is 13.7. The summed E-state index contributed by atoms with van der Waals surface area (Å²) in [7, 11) is 1.67. The molecule has 0 bridgehead atoms. The third-order valence-electron chi connectivity index (χ3n) is 4.50. The fraction of sp³-hybridized carbons (Fsp3) is 0.0769. The summed E-state index contributed by atoms with van der Waals surface area (Å²) >= 11 is 0. The minimum Gasteiger partial charge on any atom is -0.497 e. The summed E-state index contributed by atoms with van der Waals surface area (Å²) in [5.41, 5.74) is 6.24. The number of aliphatic hydroxyl groups excluding tert-OH is 1. The second-order valence-corrected chi connectivity index (χ2v) is 6.49. The molecule has 3 aromatic rings. The number of rotatable bonds is 7. The normalized spacial score (nSPS) is 11.2. The van der Waals surface area contributed by atoms with E-state index in [1.807, 2.05) is 48.5 Å². The number of hydrogen-bond acceptors (Lipinski definition) is 2. The maximum atomic E-state index is 9.13. The van der Waals surface area contributed by atoms with E-state index >= 15 is 0 Å². The van der Waals surface area contributed by atoms with Gasteiger partial charge in [0.15, 0.2) is 0 Å². The van der Waals surface area contributed by atoms with Crippen molar-refractivity contribution < 1.29 is 9.84 Å². The van der Waals surface area contributed by atoms with Gasteiger partial charge in [-0.05, 0) is 45.5 Å². The van der Waals surface area contributed by atoms with E-state index in [4.69, 9.17) is 9.84 Å². The van der Waals surface area contributed by atoms with E-state index in [-0.39, 0.29) is 6.61 Å². The molecule has 0 spiro atoms. The lowest BCUT2D eigenvalue weighted by Gasteiger charge is -2.02. The molecule has 0 atom stereocenters. The highest BCUT2D eigenvalue weighted by Crippen LogP contribution is 2.17. The highest BCUT2D eigenvalue weighted by molar-refractivity contribution is 5.74. The van der Waals surface area contributed by atoms with E-state index < -0.39 is 0 Å². The topological polar surface area (TPSA) is 29.5 Å². The van der Waals surface area contributed by atoms with Crippen LogP contribution in [0, 0.1) is 0 Å². The minimum absolute atomic E-state index is 0.0194. The summed E-state index contributed by atoms with van der Waals surface area (Å²) in [4.78, 5) is 0. The Morgan fingerprint density at radius 3 is 1.43 bits per heavy atom.